The van der Waals surface area contributed by atoms with E-state index in [1.807, 2.05) is 41.5 Å². The number of nitrogens with zero attached hydrogens (tertiary/aromatic N) is 8. The molecule has 11 nitrogen and oxygen atoms in total. The zero-order valence-corrected chi connectivity index (χ0v) is 37.0. The highest BCUT2D eigenvalue weighted by atomic mass is 16.6. The second-order valence-corrected chi connectivity index (χ2v) is 18.2. The van der Waals surface area contributed by atoms with Gasteiger partial charge in [0.05, 0.1) is 21.5 Å². The molecule has 4 unspecified atom stereocenters. The van der Waals surface area contributed by atoms with Crippen LogP contribution in [0, 0.1) is 13.8 Å². The minimum absolute atomic E-state index is 0.0162. The minimum Gasteiger partial charge on any atom is -0.460 e. The molecule has 6 heterocycles. The number of nitrogens with two attached hydrogens (primary N) is 1. The lowest BCUT2D eigenvalue weighted by atomic mass is 9.90. The third kappa shape index (κ3) is 10.8. The molecule has 4 aromatic rings. The van der Waals surface area contributed by atoms with Crippen molar-refractivity contribution in [2.75, 3.05) is 13.0 Å². The van der Waals surface area contributed by atoms with Crippen molar-refractivity contribution >= 4 is 5.97 Å². The molecule has 0 spiro atoms. The van der Waals surface area contributed by atoms with Gasteiger partial charge in [-0.3, -0.25) is 14.6 Å². The number of hydrogen-bond acceptors (Lipinski definition) is 9. The average molecular weight is 854 g/mol. The standard InChI is InChI=1S/C28H42N4O2.C22H33N5/c1-19(2)27-30-29-20(3)32(27)25-17-23-12-13-24(18-25)31(23)15-14-22(21-10-8-7-9-11-21)16-26(33)34-28(4,5)6;1-15(2)22-25-24-16(3)27(22)20-13-18-9-10-19(14-20)26(18)12-11-21(23)17-7-5-4-6-8-17/h7-11,19,22-25H,12-18H2,1-6H3;4-8,15,18-21H,9-14,23H2,1-3H3/t22-,23?,24?,25?;18?,19?,20?,21-/m10/s1/i7D,8D,9D,10D,11D,14D2,15D2,22D;4D,5D,6D,7D,8D,11D2,12D2,21D. The second-order valence-electron chi connectivity index (χ2n) is 18.2. The molecule has 61 heavy (non-hydrogen) atoms. The summed E-state index contributed by atoms with van der Waals surface area (Å²) in [5.41, 5.74) is 3.54. The van der Waals surface area contributed by atoms with E-state index in [0.29, 0.717) is 51.4 Å². The smallest absolute Gasteiger partial charge is 0.306 e. The third-order valence-electron chi connectivity index (χ3n) is 11.9. The molecule has 0 saturated carbocycles. The fourth-order valence-electron chi connectivity index (χ4n) is 9.37. The van der Waals surface area contributed by atoms with Crippen LogP contribution in [0.1, 0.15) is 217 Å². The largest absolute Gasteiger partial charge is 0.460 e. The Labute approximate surface area is 394 Å². The van der Waals surface area contributed by atoms with E-state index in [4.69, 9.17) is 31.0 Å². The number of hydrogen-bond donors (Lipinski definition) is 1. The van der Waals surface area contributed by atoms with Gasteiger partial charge in [-0.05, 0) is 122 Å². The van der Waals surface area contributed by atoms with E-state index in [-0.39, 0.29) is 36.0 Å². The molecule has 6 atom stereocenters. The molecule has 2 aromatic heterocycles. The highest BCUT2D eigenvalue weighted by Crippen LogP contribution is 2.44. The number of esters is 1. The van der Waals surface area contributed by atoms with Crippen molar-refractivity contribution in [2.24, 2.45) is 5.73 Å². The monoisotopic (exact) mass is 854 g/mol. The first-order valence-corrected chi connectivity index (χ1v) is 21.6. The summed E-state index contributed by atoms with van der Waals surface area (Å²) in [5.74, 6) is -0.564. The highest BCUT2D eigenvalue weighted by molar-refractivity contribution is 5.71. The van der Waals surface area contributed by atoms with Crippen molar-refractivity contribution in [3.8, 4) is 0 Å². The Balaban J connectivity index is 0.000000237. The summed E-state index contributed by atoms with van der Waals surface area (Å²) in [6.45, 7) is 11.0. The number of carbonyl (C=O) groups is 1. The molecule has 4 saturated heterocycles. The Kier molecular flexibility index (Phi) is 8.37. The Bertz CT molecular complexity index is 2970. The summed E-state index contributed by atoms with van der Waals surface area (Å²) in [7, 11) is 0. The van der Waals surface area contributed by atoms with Gasteiger partial charge in [-0.15, -0.1) is 20.4 Å². The van der Waals surface area contributed by atoms with Crippen molar-refractivity contribution in [1.82, 2.24) is 39.3 Å². The lowest BCUT2D eigenvalue weighted by molar-refractivity contribution is -0.155. The first-order valence-electron chi connectivity index (χ1n) is 31.6. The topological polar surface area (TPSA) is 120 Å². The predicted octanol–water partition coefficient (Wildman–Crippen LogP) is 9.75. The number of fused-ring (bicyclic) bond motifs is 4. The van der Waals surface area contributed by atoms with E-state index in [9.17, 15) is 11.6 Å². The average Bonchev–Trinajstić information content (AvgIpc) is 4.11. The maximum atomic E-state index is 13.2. The summed E-state index contributed by atoms with van der Waals surface area (Å²) in [6.07, 6.45) is -2.99. The quantitative estimate of drug-likeness (QED) is 0.124. The zero-order valence-electron chi connectivity index (χ0n) is 57.0. The first kappa shape index (κ1) is 26.0. The maximum Gasteiger partial charge on any atom is 0.306 e. The molecule has 0 aliphatic carbocycles. The number of benzene rings is 2. The van der Waals surface area contributed by atoms with Gasteiger partial charge in [0.1, 0.15) is 28.9 Å². The van der Waals surface area contributed by atoms with Gasteiger partial charge in [-0.25, -0.2) is 0 Å². The summed E-state index contributed by atoms with van der Waals surface area (Å²) in [6, 6.07) is -12.4. The van der Waals surface area contributed by atoms with Gasteiger partial charge < -0.3 is 19.6 Å². The summed E-state index contributed by atoms with van der Waals surface area (Å²) in [4.78, 5) is 16.1. The Morgan fingerprint density at radius 2 is 1.11 bits per heavy atom. The van der Waals surface area contributed by atoms with E-state index in [1.54, 1.807) is 20.8 Å². The third-order valence-corrected chi connectivity index (χ3v) is 11.9. The van der Waals surface area contributed by atoms with E-state index in [1.165, 1.54) is 9.80 Å². The number of aryl methyl sites for hydroxylation is 2. The molecule has 2 aromatic carbocycles. The number of ether oxygens (including phenoxy) is 1. The van der Waals surface area contributed by atoms with Gasteiger partial charge in [0.2, 0.25) is 0 Å². The van der Waals surface area contributed by atoms with Crippen LogP contribution >= 0.6 is 0 Å². The summed E-state index contributed by atoms with van der Waals surface area (Å²) < 4.78 is 182. The van der Waals surface area contributed by atoms with Crippen molar-refractivity contribution < 1.29 is 36.9 Å². The van der Waals surface area contributed by atoms with Gasteiger partial charge in [-0.1, -0.05) is 88.1 Å². The van der Waals surface area contributed by atoms with E-state index >= 15 is 0 Å². The molecular weight excluding hydrogens is 759 g/mol. The van der Waals surface area contributed by atoms with Crippen LogP contribution in [0.2, 0.25) is 0 Å². The van der Waals surface area contributed by atoms with Gasteiger partial charge >= 0.3 is 5.97 Å². The van der Waals surface area contributed by atoms with Crippen LogP contribution in [0.5, 0.6) is 0 Å². The lowest BCUT2D eigenvalue weighted by Gasteiger charge is -2.40. The molecule has 11 heteroatoms. The summed E-state index contributed by atoms with van der Waals surface area (Å²) in [5, 5.41) is 17.2. The van der Waals surface area contributed by atoms with Gasteiger partial charge in [0, 0.05) is 72.9 Å². The van der Waals surface area contributed by atoms with Gasteiger partial charge in [0.25, 0.3) is 0 Å². The Hall–Kier alpha value is -3.93. The van der Waals surface area contributed by atoms with Crippen LogP contribution in [-0.4, -0.2) is 88.1 Å². The second kappa shape index (κ2) is 19.6. The number of aromatic nitrogens is 6. The molecule has 2 N–H and O–H groups in total. The van der Waals surface area contributed by atoms with E-state index in [0.717, 1.165) is 23.3 Å². The SMILES string of the molecule is [2H]c1c([2H])c([2H])c([C@@]([2H])(CC(=O)OC(C)(C)C)C([2H])([2H])C([2H])([2H])N2C3CCC2CC(n2c(C)nnc2C(C)C)C3)c([2H])c1[2H].[2H]c1c([2H])c([2H])c([C@@]([2H])(N)C([2H])([2H])C([2H])([2H])N2C3CCC2CC(n2c(C)nnc2C(C)C)C3)c([2H])c1[2H]. The number of piperidine rings is 2. The molecule has 4 aliphatic heterocycles. The van der Waals surface area contributed by atoms with Crippen LogP contribution in [0.3, 0.4) is 0 Å². The number of carbonyl (C=O) groups excluding carboxylic acids is 1. The first-order chi connectivity index (χ1) is 37.0. The molecular formula is C50H75N9O2. The molecule has 0 radical (unpaired) electrons. The Morgan fingerprint density at radius 3 is 1.52 bits per heavy atom. The molecule has 4 fully saturated rings. The molecule has 4 bridgehead atoms. The van der Waals surface area contributed by atoms with Crippen LogP contribution in [0.15, 0.2) is 60.4 Å². The molecule has 8 rings (SSSR count). The van der Waals surface area contributed by atoms with Crippen molar-refractivity contribution in [3.63, 3.8) is 0 Å². The fraction of sp³-hybridized carbons (Fsp3) is 0.660. The van der Waals surface area contributed by atoms with Gasteiger partial charge in [0.15, 0.2) is 0 Å². The van der Waals surface area contributed by atoms with E-state index < -0.39 is 139 Å². The van der Waals surface area contributed by atoms with Crippen molar-refractivity contribution in [1.29, 1.82) is 0 Å². The lowest BCUT2D eigenvalue weighted by Crippen LogP contribution is -2.44. The molecule has 4 aliphatic rings. The maximum absolute atomic E-state index is 13.2. The molecule has 332 valence electrons. The predicted molar refractivity (Wildman–Crippen MR) is 244 cm³/mol. The van der Waals surface area contributed by atoms with Crippen LogP contribution in [0.4, 0.5) is 0 Å². The van der Waals surface area contributed by atoms with E-state index in [2.05, 4.69) is 29.5 Å². The summed E-state index contributed by atoms with van der Waals surface area (Å²) >= 11 is 0. The fourth-order valence-corrected chi connectivity index (χ4v) is 9.37. The van der Waals surface area contributed by atoms with Crippen LogP contribution < -0.4 is 5.73 Å². The highest BCUT2D eigenvalue weighted by Gasteiger charge is 2.43. The Morgan fingerprint density at radius 1 is 0.705 bits per heavy atom. The van der Waals surface area contributed by atoms with Crippen molar-refractivity contribution in [3.05, 3.63) is 94.8 Å². The zero-order chi connectivity index (χ0) is 61.1. The number of rotatable bonds is 14. The van der Waals surface area contributed by atoms with Crippen molar-refractivity contribution in [2.45, 2.75) is 198 Å². The molecule has 0 amide bonds. The normalized spacial score (nSPS) is 31.8. The van der Waals surface area contributed by atoms with Gasteiger partial charge in [-0.2, -0.15) is 0 Å². The minimum atomic E-state index is -3.26. The van der Waals surface area contributed by atoms with Crippen LogP contribution in [0.25, 0.3) is 0 Å². The van der Waals surface area contributed by atoms with Crippen LogP contribution in [-0.2, 0) is 9.53 Å².